The highest BCUT2D eigenvalue weighted by molar-refractivity contribution is 5.07. The van der Waals surface area contributed by atoms with Crippen LogP contribution in [0.15, 0.2) is 0 Å². The highest BCUT2D eigenvalue weighted by Gasteiger charge is 2.53. The van der Waals surface area contributed by atoms with Gasteiger partial charge in [0.1, 0.15) is 11.7 Å². The third-order valence-corrected chi connectivity index (χ3v) is 3.53. The molecule has 2 rings (SSSR count). The number of rotatable bonds is 0. The Labute approximate surface area is 82.6 Å². The predicted octanol–water partition coefficient (Wildman–Crippen LogP) is -2.09. The minimum atomic E-state index is -1.52. The molecule has 82 valence electrons. The van der Waals surface area contributed by atoms with Crippen molar-refractivity contribution in [2.24, 2.45) is 0 Å². The van der Waals surface area contributed by atoms with Crippen molar-refractivity contribution in [1.29, 1.82) is 0 Å². The fourth-order valence-corrected chi connectivity index (χ4v) is 2.43. The fourth-order valence-electron chi connectivity index (χ4n) is 2.43. The van der Waals surface area contributed by atoms with E-state index < -0.39 is 30.0 Å². The van der Waals surface area contributed by atoms with E-state index in [2.05, 4.69) is 0 Å². The summed E-state index contributed by atoms with van der Waals surface area (Å²) in [4.78, 5) is 1.83. The Balaban J connectivity index is 2.23. The molecule has 14 heavy (non-hydrogen) atoms. The summed E-state index contributed by atoms with van der Waals surface area (Å²) >= 11 is 0. The van der Waals surface area contributed by atoms with E-state index in [1.807, 2.05) is 4.90 Å². The average Bonchev–Trinajstić information content (AvgIpc) is 2.44. The molecule has 0 unspecified atom stereocenters. The van der Waals surface area contributed by atoms with E-state index in [-0.39, 0.29) is 0 Å². The van der Waals surface area contributed by atoms with E-state index in [0.717, 1.165) is 0 Å². The lowest BCUT2D eigenvalue weighted by Crippen LogP contribution is -2.67. The summed E-state index contributed by atoms with van der Waals surface area (Å²) in [6.07, 6.45) is -2.07. The van der Waals surface area contributed by atoms with Gasteiger partial charge in [-0.1, -0.05) is 0 Å². The van der Waals surface area contributed by atoms with Gasteiger partial charge in [0.15, 0.2) is 0 Å². The van der Waals surface area contributed by atoms with E-state index >= 15 is 0 Å². The maximum atomic E-state index is 9.84. The Hall–Kier alpha value is -0.200. The first-order valence-corrected chi connectivity index (χ1v) is 4.95. The van der Waals surface area contributed by atoms with Crippen LogP contribution in [0.1, 0.15) is 13.3 Å². The standard InChI is InChI=1S/C9H17NO4/c1-9(14)6(12)4-10-3-2-5(11)7(10)8(9)13/h5-8,11-14H,2-4H2,1H3/t5-,6-,7+,8+,9-/m0/s1. The Kier molecular flexibility index (Phi) is 2.32. The molecular weight excluding hydrogens is 186 g/mol. The highest BCUT2D eigenvalue weighted by atomic mass is 16.4. The molecule has 0 amide bonds. The van der Waals surface area contributed by atoms with Crippen LogP contribution in [0, 0.1) is 0 Å². The van der Waals surface area contributed by atoms with Crippen molar-refractivity contribution in [2.75, 3.05) is 13.1 Å². The summed E-state index contributed by atoms with van der Waals surface area (Å²) in [5, 5.41) is 38.9. The fraction of sp³-hybridized carbons (Fsp3) is 1.00. The lowest BCUT2D eigenvalue weighted by atomic mass is 9.82. The van der Waals surface area contributed by atoms with Gasteiger partial charge < -0.3 is 20.4 Å². The van der Waals surface area contributed by atoms with E-state index in [1.165, 1.54) is 6.92 Å². The van der Waals surface area contributed by atoms with E-state index in [1.54, 1.807) is 0 Å². The van der Waals surface area contributed by atoms with Crippen LogP contribution in [-0.4, -0.2) is 68.4 Å². The number of aliphatic hydroxyl groups excluding tert-OH is 3. The first kappa shape index (κ1) is 10.3. The molecule has 2 heterocycles. The van der Waals surface area contributed by atoms with E-state index in [4.69, 9.17) is 0 Å². The lowest BCUT2D eigenvalue weighted by Gasteiger charge is -2.46. The van der Waals surface area contributed by atoms with Crippen LogP contribution in [0.25, 0.3) is 0 Å². The molecule has 0 aromatic heterocycles. The molecule has 2 aliphatic rings. The monoisotopic (exact) mass is 203 g/mol. The number of hydrogen-bond donors (Lipinski definition) is 4. The first-order valence-electron chi connectivity index (χ1n) is 4.95. The summed E-state index contributed by atoms with van der Waals surface area (Å²) in [6.45, 7) is 2.38. The average molecular weight is 203 g/mol. The van der Waals surface area contributed by atoms with Crippen molar-refractivity contribution < 1.29 is 20.4 Å². The Morgan fingerprint density at radius 1 is 1.29 bits per heavy atom. The summed E-state index contributed by atoms with van der Waals surface area (Å²) in [5.74, 6) is 0. The minimum Gasteiger partial charge on any atom is -0.391 e. The molecule has 5 atom stereocenters. The number of nitrogens with zero attached hydrogens (tertiary/aromatic N) is 1. The van der Waals surface area contributed by atoms with Gasteiger partial charge in [0.25, 0.3) is 0 Å². The molecule has 0 aliphatic carbocycles. The molecular formula is C9H17NO4. The molecule has 5 nitrogen and oxygen atoms in total. The Morgan fingerprint density at radius 3 is 2.57 bits per heavy atom. The van der Waals surface area contributed by atoms with Crippen LogP contribution in [0.5, 0.6) is 0 Å². The second-order valence-electron chi connectivity index (χ2n) is 4.53. The summed E-state index contributed by atoms with van der Waals surface area (Å²) in [5.41, 5.74) is -1.52. The van der Waals surface area contributed by atoms with Gasteiger partial charge in [-0.05, 0) is 13.3 Å². The normalized spacial score (nSPS) is 54.6. The number of aliphatic hydroxyl groups is 4. The molecule has 0 bridgehead atoms. The quantitative estimate of drug-likeness (QED) is 0.363. The smallest absolute Gasteiger partial charge is 0.116 e. The zero-order valence-electron chi connectivity index (χ0n) is 8.17. The third kappa shape index (κ3) is 1.28. The number of piperidine rings is 1. The van der Waals surface area contributed by atoms with Gasteiger partial charge in [-0.15, -0.1) is 0 Å². The molecule has 2 aliphatic heterocycles. The molecule has 0 saturated carbocycles. The topological polar surface area (TPSA) is 84.2 Å². The van der Waals surface area contributed by atoms with E-state index in [9.17, 15) is 20.4 Å². The Bertz CT molecular complexity index is 233. The van der Waals surface area contributed by atoms with Crippen LogP contribution in [0.2, 0.25) is 0 Å². The minimum absolute atomic E-state index is 0.311. The zero-order chi connectivity index (χ0) is 10.5. The van der Waals surface area contributed by atoms with Crippen molar-refractivity contribution in [3.63, 3.8) is 0 Å². The largest absolute Gasteiger partial charge is 0.391 e. The number of fused-ring (bicyclic) bond motifs is 1. The van der Waals surface area contributed by atoms with Crippen LogP contribution in [0.4, 0.5) is 0 Å². The van der Waals surface area contributed by atoms with Gasteiger partial charge in [0.05, 0.1) is 18.2 Å². The lowest BCUT2D eigenvalue weighted by molar-refractivity contribution is -0.197. The maximum absolute atomic E-state index is 9.84. The van der Waals surface area contributed by atoms with Crippen molar-refractivity contribution >= 4 is 0 Å². The predicted molar refractivity (Wildman–Crippen MR) is 48.6 cm³/mol. The molecule has 0 aromatic rings. The van der Waals surface area contributed by atoms with Crippen LogP contribution in [-0.2, 0) is 0 Å². The number of hydrogen-bond acceptors (Lipinski definition) is 5. The molecule has 4 N–H and O–H groups in total. The summed E-state index contributed by atoms with van der Waals surface area (Å²) < 4.78 is 0. The SMILES string of the molecule is C[C@@]1(O)[C@H](O)[C@H]2[C@@H](O)CCN2C[C@@H]1O. The second kappa shape index (κ2) is 3.15. The van der Waals surface area contributed by atoms with Gasteiger partial charge in [-0.25, -0.2) is 0 Å². The van der Waals surface area contributed by atoms with E-state index in [0.29, 0.717) is 19.5 Å². The van der Waals surface area contributed by atoms with Crippen LogP contribution < -0.4 is 0 Å². The molecule has 0 spiro atoms. The first-order chi connectivity index (χ1) is 6.44. The van der Waals surface area contributed by atoms with Gasteiger partial charge in [0, 0.05) is 13.1 Å². The summed E-state index contributed by atoms with van der Waals surface area (Å²) in [7, 11) is 0. The van der Waals surface area contributed by atoms with Crippen LogP contribution >= 0.6 is 0 Å². The molecule has 2 fully saturated rings. The Morgan fingerprint density at radius 2 is 1.93 bits per heavy atom. The van der Waals surface area contributed by atoms with Gasteiger partial charge in [-0.3, -0.25) is 4.90 Å². The molecule has 0 aromatic carbocycles. The molecule has 5 heteroatoms. The summed E-state index contributed by atoms with van der Waals surface area (Å²) in [6, 6.07) is -0.437. The molecule has 2 saturated heterocycles. The van der Waals surface area contributed by atoms with Crippen molar-refractivity contribution in [2.45, 2.75) is 43.3 Å². The third-order valence-electron chi connectivity index (χ3n) is 3.53. The maximum Gasteiger partial charge on any atom is 0.116 e. The van der Waals surface area contributed by atoms with Crippen molar-refractivity contribution in [3.05, 3.63) is 0 Å². The van der Waals surface area contributed by atoms with Gasteiger partial charge in [0.2, 0.25) is 0 Å². The van der Waals surface area contributed by atoms with Gasteiger partial charge in [-0.2, -0.15) is 0 Å². The molecule has 0 radical (unpaired) electrons. The van der Waals surface area contributed by atoms with Crippen LogP contribution in [0.3, 0.4) is 0 Å². The van der Waals surface area contributed by atoms with Gasteiger partial charge >= 0.3 is 0 Å². The van der Waals surface area contributed by atoms with Crippen molar-refractivity contribution in [1.82, 2.24) is 4.90 Å². The zero-order valence-corrected chi connectivity index (χ0v) is 8.17. The second-order valence-corrected chi connectivity index (χ2v) is 4.53. The highest BCUT2D eigenvalue weighted by Crippen LogP contribution is 2.33. The van der Waals surface area contributed by atoms with Crippen molar-refractivity contribution in [3.8, 4) is 0 Å².